The average molecular weight is 230 g/mol. The SMILES string of the molecule is NC1CCCN2C(=O)CCc3ccccc3C12. The number of benzene rings is 1. The van der Waals surface area contributed by atoms with Crippen LogP contribution in [0.1, 0.15) is 36.4 Å². The molecule has 17 heavy (non-hydrogen) atoms. The van der Waals surface area contributed by atoms with Crippen molar-refractivity contribution in [3.05, 3.63) is 35.4 Å². The summed E-state index contributed by atoms with van der Waals surface area (Å²) in [5, 5.41) is 0. The van der Waals surface area contributed by atoms with E-state index in [-0.39, 0.29) is 18.0 Å². The Morgan fingerprint density at radius 3 is 2.94 bits per heavy atom. The Hall–Kier alpha value is -1.35. The van der Waals surface area contributed by atoms with Crippen molar-refractivity contribution in [2.24, 2.45) is 5.73 Å². The highest BCUT2D eigenvalue weighted by Gasteiger charge is 2.36. The molecule has 3 nitrogen and oxygen atoms in total. The Balaban J connectivity index is 2.08. The summed E-state index contributed by atoms with van der Waals surface area (Å²) in [6.45, 7) is 0.867. The lowest BCUT2D eigenvalue weighted by molar-refractivity contribution is -0.135. The minimum absolute atomic E-state index is 0.0898. The topological polar surface area (TPSA) is 46.3 Å². The van der Waals surface area contributed by atoms with Gasteiger partial charge in [0.25, 0.3) is 0 Å². The van der Waals surface area contributed by atoms with Gasteiger partial charge in [-0.2, -0.15) is 0 Å². The van der Waals surface area contributed by atoms with Gasteiger partial charge in [-0.05, 0) is 30.4 Å². The van der Waals surface area contributed by atoms with Crippen LogP contribution in [0, 0.1) is 0 Å². The van der Waals surface area contributed by atoms with Gasteiger partial charge in [0.2, 0.25) is 5.91 Å². The van der Waals surface area contributed by atoms with Gasteiger partial charge in [-0.3, -0.25) is 4.79 Å². The van der Waals surface area contributed by atoms with Crippen molar-refractivity contribution < 1.29 is 4.79 Å². The highest BCUT2D eigenvalue weighted by atomic mass is 16.2. The molecule has 90 valence electrons. The van der Waals surface area contributed by atoms with E-state index in [1.54, 1.807) is 0 Å². The monoisotopic (exact) mass is 230 g/mol. The zero-order valence-electron chi connectivity index (χ0n) is 9.93. The molecule has 1 amide bonds. The van der Waals surface area contributed by atoms with Gasteiger partial charge < -0.3 is 10.6 Å². The van der Waals surface area contributed by atoms with Crippen molar-refractivity contribution in [1.82, 2.24) is 4.90 Å². The van der Waals surface area contributed by atoms with Crippen LogP contribution in [0.5, 0.6) is 0 Å². The normalized spacial score (nSPS) is 28.3. The smallest absolute Gasteiger partial charge is 0.223 e. The summed E-state index contributed by atoms with van der Waals surface area (Å²) in [7, 11) is 0. The quantitative estimate of drug-likeness (QED) is 0.736. The third-order valence-electron chi connectivity index (χ3n) is 3.98. The van der Waals surface area contributed by atoms with Gasteiger partial charge in [-0.15, -0.1) is 0 Å². The number of carbonyl (C=O) groups excluding carboxylic acids is 1. The Labute approximate surface area is 102 Å². The highest BCUT2D eigenvalue weighted by molar-refractivity contribution is 5.78. The molecule has 3 rings (SSSR count). The Morgan fingerprint density at radius 1 is 1.24 bits per heavy atom. The minimum atomic E-state index is 0.0898. The molecule has 1 saturated heterocycles. The van der Waals surface area contributed by atoms with Crippen molar-refractivity contribution in [1.29, 1.82) is 0 Å². The molecule has 3 heteroatoms. The van der Waals surface area contributed by atoms with E-state index in [9.17, 15) is 4.79 Å². The fourth-order valence-corrected chi connectivity index (χ4v) is 3.14. The molecule has 0 aromatic heterocycles. The molecule has 2 N–H and O–H groups in total. The lowest BCUT2D eigenvalue weighted by Gasteiger charge is -2.39. The largest absolute Gasteiger partial charge is 0.334 e. The van der Waals surface area contributed by atoms with Gasteiger partial charge in [-0.1, -0.05) is 24.3 Å². The maximum Gasteiger partial charge on any atom is 0.223 e. The predicted octanol–water partition coefficient (Wildman–Crippen LogP) is 1.62. The van der Waals surface area contributed by atoms with E-state index in [0.717, 1.165) is 25.8 Å². The molecule has 2 aliphatic rings. The molecule has 2 aliphatic heterocycles. The zero-order valence-corrected chi connectivity index (χ0v) is 9.93. The van der Waals surface area contributed by atoms with E-state index in [4.69, 9.17) is 5.73 Å². The molecule has 1 aromatic carbocycles. The van der Waals surface area contributed by atoms with Crippen LogP contribution in [-0.4, -0.2) is 23.4 Å². The minimum Gasteiger partial charge on any atom is -0.334 e. The number of hydrogen-bond acceptors (Lipinski definition) is 2. The number of nitrogens with zero attached hydrogens (tertiary/aromatic N) is 1. The second-order valence-corrected chi connectivity index (χ2v) is 5.04. The van der Waals surface area contributed by atoms with Gasteiger partial charge in [0.15, 0.2) is 0 Å². The molecule has 1 fully saturated rings. The molecule has 2 unspecified atom stereocenters. The van der Waals surface area contributed by atoms with E-state index in [0.29, 0.717) is 6.42 Å². The van der Waals surface area contributed by atoms with Crippen molar-refractivity contribution >= 4 is 5.91 Å². The van der Waals surface area contributed by atoms with Crippen LogP contribution in [0.3, 0.4) is 0 Å². The summed E-state index contributed by atoms with van der Waals surface area (Å²) >= 11 is 0. The molecular weight excluding hydrogens is 212 g/mol. The van der Waals surface area contributed by atoms with Crippen LogP contribution in [0.2, 0.25) is 0 Å². The summed E-state index contributed by atoms with van der Waals surface area (Å²) in [5.41, 5.74) is 8.81. The first-order valence-corrected chi connectivity index (χ1v) is 6.40. The van der Waals surface area contributed by atoms with Crippen LogP contribution in [-0.2, 0) is 11.2 Å². The lowest BCUT2D eigenvalue weighted by atomic mass is 9.89. The van der Waals surface area contributed by atoms with Crippen LogP contribution >= 0.6 is 0 Å². The first kappa shape index (κ1) is 10.8. The van der Waals surface area contributed by atoms with E-state index < -0.39 is 0 Å². The standard InChI is InChI=1S/C14H18N2O/c15-12-6-3-9-16-13(17)8-7-10-4-1-2-5-11(10)14(12)16/h1-2,4-5,12,14H,3,6-9,15H2. The fourth-order valence-electron chi connectivity index (χ4n) is 3.14. The van der Waals surface area contributed by atoms with Gasteiger partial charge in [0.1, 0.15) is 0 Å². The number of carbonyl (C=O) groups is 1. The Kier molecular flexibility index (Phi) is 2.63. The Bertz CT molecular complexity index is 444. The first-order chi connectivity index (χ1) is 8.27. The maximum absolute atomic E-state index is 12.1. The first-order valence-electron chi connectivity index (χ1n) is 6.40. The van der Waals surface area contributed by atoms with Crippen LogP contribution < -0.4 is 5.73 Å². The molecule has 0 spiro atoms. The fraction of sp³-hybridized carbons (Fsp3) is 0.500. The number of fused-ring (bicyclic) bond motifs is 3. The van der Waals surface area contributed by atoms with Crippen LogP contribution in [0.4, 0.5) is 0 Å². The number of hydrogen-bond donors (Lipinski definition) is 1. The van der Waals surface area contributed by atoms with E-state index >= 15 is 0 Å². The molecule has 2 atom stereocenters. The van der Waals surface area contributed by atoms with Crippen molar-refractivity contribution in [3.8, 4) is 0 Å². The van der Waals surface area contributed by atoms with Crippen molar-refractivity contribution in [2.45, 2.75) is 37.8 Å². The summed E-state index contributed by atoms with van der Waals surface area (Å²) < 4.78 is 0. The molecule has 2 heterocycles. The van der Waals surface area contributed by atoms with Crippen LogP contribution in [0.15, 0.2) is 24.3 Å². The summed E-state index contributed by atoms with van der Waals surface area (Å²) in [6, 6.07) is 8.56. The lowest BCUT2D eigenvalue weighted by Crippen LogP contribution is -2.47. The van der Waals surface area contributed by atoms with Gasteiger partial charge in [-0.25, -0.2) is 0 Å². The van der Waals surface area contributed by atoms with Crippen molar-refractivity contribution in [3.63, 3.8) is 0 Å². The number of aryl methyl sites for hydroxylation is 1. The van der Waals surface area contributed by atoms with Gasteiger partial charge in [0, 0.05) is 19.0 Å². The molecule has 0 bridgehead atoms. The number of amides is 1. The number of rotatable bonds is 0. The average Bonchev–Trinajstić information content (AvgIpc) is 2.49. The molecule has 0 saturated carbocycles. The second-order valence-electron chi connectivity index (χ2n) is 5.04. The van der Waals surface area contributed by atoms with E-state index in [1.165, 1.54) is 11.1 Å². The molecule has 1 aromatic rings. The van der Waals surface area contributed by atoms with E-state index in [2.05, 4.69) is 12.1 Å². The number of piperidine rings is 1. The van der Waals surface area contributed by atoms with Crippen molar-refractivity contribution in [2.75, 3.05) is 6.54 Å². The summed E-state index contributed by atoms with van der Waals surface area (Å²) in [5.74, 6) is 0.265. The summed E-state index contributed by atoms with van der Waals surface area (Å²) in [6.07, 6.45) is 3.53. The molecule has 0 radical (unpaired) electrons. The predicted molar refractivity (Wildman–Crippen MR) is 66.4 cm³/mol. The molecule has 0 aliphatic carbocycles. The molecular formula is C14H18N2O. The third-order valence-corrected chi connectivity index (χ3v) is 3.98. The number of nitrogens with two attached hydrogens (primary N) is 1. The zero-order chi connectivity index (χ0) is 11.8. The highest BCUT2D eigenvalue weighted by Crippen LogP contribution is 2.35. The van der Waals surface area contributed by atoms with Gasteiger partial charge >= 0.3 is 0 Å². The van der Waals surface area contributed by atoms with Crippen LogP contribution in [0.25, 0.3) is 0 Å². The third kappa shape index (κ3) is 1.75. The second kappa shape index (κ2) is 4.15. The van der Waals surface area contributed by atoms with E-state index in [1.807, 2.05) is 17.0 Å². The summed E-state index contributed by atoms with van der Waals surface area (Å²) in [4.78, 5) is 14.1. The maximum atomic E-state index is 12.1. The Morgan fingerprint density at radius 2 is 2.06 bits per heavy atom. The van der Waals surface area contributed by atoms with Gasteiger partial charge in [0.05, 0.1) is 6.04 Å².